The quantitative estimate of drug-likeness (QED) is 0.666. The van der Waals surface area contributed by atoms with Gasteiger partial charge in [-0.05, 0) is 19.9 Å². The molecule has 1 unspecified atom stereocenters. The van der Waals surface area contributed by atoms with Crippen molar-refractivity contribution < 1.29 is 27.8 Å². The summed E-state index contributed by atoms with van der Waals surface area (Å²) in [5.41, 5.74) is 4.29. The van der Waals surface area contributed by atoms with Crippen molar-refractivity contribution in [3.8, 4) is 0 Å². The number of nitrogens with two attached hydrogens (primary N) is 1. The fourth-order valence-corrected chi connectivity index (χ4v) is 1.25. The van der Waals surface area contributed by atoms with Gasteiger partial charge >= 0.3 is 11.9 Å². The van der Waals surface area contributed by atoms with Crippen LogP contribution in [0.1, 0.15) is 24.2 Å². The van der Waals surface area contributed by atoms with Crippen molar-refractivity contribution in [1.29, 1.82) is 0 Å². The first kappa shape index (κ1) is 14.9. The predicted octanol–water partition coefficient (Wildman–Crippen LogP) is 1.66. The minimum Gasteiger partial charge on any atom is -0.463 e. The van der Waals surface area contributed by atoms with E-state index in [9.17, 15) is 18.4 Å². The molecule has 104 valence electrons. The van der Waals surface area contributed by atoms with Crippen LogP contribution in [0.15, 0.2) is 12.1 Å². The van der Waals surface area contributed by atoms with E-state index in [2.05, 4.69) is 4.74 Å². The number of anilines is 1. The first-order valence-corrected chi connectivity index (χ1v) is 5.49. The number of hydrogen-bond acceptors (Lipinski definition) is 5. The lowest BCUT2D eigenvalue weighted by molar-refractivity contribution is -0.152. The second kappa shape index (κ2) is 6.12. The topological polar surface area (TPSA) is 78.6 Å². The number of esters is 2. The zero-order valence-electron chi connectivity index (χ0n) is 10.4. The number of carbonyl (C=O) groups excluding carboxylic acids is 2. The highest BCUT2D eigenvalue weighted by Crippen LogP contribution is 2.18. The lowest BCUT2D eigenvalue weighted by atomic mass is 10.2. The molecule has 0 radical (unpaired) electrons. The third-order valence-electron chi connectivity index (χ3n) is 2.21. The summed E-state index contributed by atoms with van der Waals surface area (Å²) in [6.07, 6.45) is -1.20. The molecule has 0 fully saturated rings. The summed E-state index contributed by atoms with van der Waals surface area (Å²) in [4.78, 5) is 22.8. The maximum absolute atomic E-state index is 13.4. The Hall–Kier alpha value is -2.18. The molecule has 0 aliphatic heterocycles. The summed E-state index contributed by atoms with van der Waals surface area (Å²) < 4.78 is 35.6. The summed E-state index contributed by atoms with van der Waals surface area (Å²) >= 11 is 0. The minimum absolute atomic E-state index is 0.124. The van der Waals surface area contributed by atoms with Crippen molar-refractivity contribution in [2.24, 2.45) is 0 Å². The zero-order chi connectivity index (χ0) is 14.6. The maximum Gasteiger partial charge on any atom is 0.347 e. The molecule has 1 aromatic carbocycles. The number of hydrogen-bond donors (Lipinski definition) is 1. The summed E-state index contributed by atoms with van der Waals surface area (Å²) in [5, 5.41) is 0. The Morgan fingerprint density at radius 3 is 2.53 bits per heavy atom. The van der Waals surface area contributed by atoms with Crippen LogP contribution in [0.2, 0.25) is 0 Å². The van der Waals surface area contributed by atoms with E-state index in [1.807, 2.05) is 0 Å². The van der Waals surface area contributed by atoms with E-state index >= 15 is 0 Å². The summed E-state index contributed by atoms with van der Waals surface area (Å²) in [6, 6.07) is 1.28. The molecule has 0 heterocycles. The molecule has 0 aliphatic rings. The van der Waals surface area contributed by atoms with Crippen LogP contribution in [0.4, 0.5) is 14.5 Å². The molecule has 0 saturated heterocycles. The van der Waals surface area contributed by atoms with Crippen LogP contribution in [0.5, 0.6) is 0 Å². The molecule has 2 N–H and O–H groups in total. The number of rotatable bonds is 4. The van der Waals surface area contributed by atoms with Gasteiger partial charge in [-0.3, -0.25) is 0 Å². The monoisotopic (exact) mass is 273 g/mol. The van der Waals surface area contributed by atoms with E-state index in [-0.39, 0.29) is 6.61 Å². The molecule has 0 aliphatic carbocycles. The van der Waals surface area contributed by atoms with Crippen molar-refractivity contribution in [3.63, 3.8) is 0 Å². The molecular formula is C12H13F2NO4. The van der Waals surface area contributed by atoms with Gasteiger partial charge in [0.05, 0.1) is 17.9 Å². The van der Waals surface area contributed by atoms with Gasteiger partial charge in [-0.25, -0.2) is 18.4 Å². The largest absolute Gasteiger partial charge is 0.463 e. The average molecular weight is 273 g/mol. The van der Waals surface area contributed by atoms with E-state index in [1.165, 1.54) is 6.92 Å². The average Bonchev–Trinajstić information content (AvgIpc) is 2.33. The van der Waals surface area contributed by atoms with Crippen LogP contribution in [0, 0.1) is 11.6 Å². The molecule has 0 spiro atoms. The highest BCUT2D eigenvalue weighted by molar-refractivity contribution is 5.92. The van der Waals surface area contributed by atoms with Gasteiger partial charge in [0.2, 0.25) is 0 Å². The third-order valence-corrected chi connectivity index (χ3v) is 2.21. The van der Waals surface area contributed by atoms with Crippen LogP contribution in [-0.4, -0.2) is 24.6 Å². The van der Waals surface area contributed by atoms with E-state index in [0.717, 1.165) is 6.07 Å². The molecule has 5 nitrogen and oxygen atoms in total. The predicted molar refractivity (Wildman–Crippen MR) is 62.3 cm³/mol. The second-order valence-corrected chi connectivity index (χ2v) is 3.65. The summed E-state index contributed by atoms with van der Waals surface area (Å²) in [6.45, 7) is 2.99. The highest BCUT2D eigenvalue weighted by atomic mass is 19.1. The van der Waals surface area contributed by atoms with Crippen LogP contribution in [-0.2, 0) is 14.3 Å². The maximum atomic E-state index is 13.4. The Morgan fingerprint density at radius 1 is 1.32 bits per heavy atom. The molecule has 1 rings (SSSR count). The molecule has 1 atom stereocenters. The third kappa shape index (κ3) is 3.64. The molecule has 19 heavy (non-hydrogen) atoms. The Balaban J connectivity index is 2.84. The molecule has 7 heteroatoms. The van der Waals surface area contributed by atoms with Gasteiger partial charge in [0.1, 0.15) is 11.6 Å². The Bertz CT molecular complexity index is 505. The van der Waals surface area contributed by atoms with Crippen LogP contribution in [0.3, 0.4) is 0 Å². The Morgan fingerprint density at radius 2 is 1.95 bits per heavy atom. The van der Waals surface area contributed by atoms with E-state index in [0.29, 0.717) is 6.07 Å². The Kier molecular flexibility index (Phi) is 4.80. The normalized spacial score (nSPS) is 11.8. The van der Waals surface area contributed by atoms with E-state index in [4.69, 9.17) is 10.5 Å². The van der Waals surface area contributed by atoms with Crippen molar-refractivity contribution in [1.82, 2.24) is 0 Å². The number of halogens is 2. The van der Waals surface area contributed by atoms with Crippen LogP contribution in [0.25, 0.3) is 0 Å². The molecule has 0 amide bonds. The van der Waals surface area contributed by atoms with Gasteiger partial charge in [0.15, 0.2) is 6.10 Å². The first-order valence-electron chi connectivity index (χ1n) is 5.49. The van der Waals surface area contributed by atoms with Crippen molar-refractivity contribution in [2.45, 2.75) is 20.0 Å². The number of ether oxygens (including phenoxy) is 2. The summed E-state index contributed by atoms with van der Waals surface area (Å²) in [5.74, 6) is -3.98. The van der Waals surface area contributed by atoms with Gasteiger partial charge in [-0.15, -0.1) is 0 Å². The molecule has 0 bridgehead atoms. The SMILES string of the molecule is CCOC(=O)C(C)OC(=O)c1cc(N)c(F)cc1F. The molecular weight excluding hydrogens is 260 g/mol. The van der Waals surface area contributed by atoms with E-state index < -0.39 is 40.9 Å². The lowest BCUT2D eigenvalue weighted by Gasteiger charge is -2.12. The highest BCUT2D eigenvalue weighted by Gasteiger charge is 2.23. The first-order chi connectivity index (χ1) is 8.86. The lowest BCUT2D eigenvalue weighted by Crippen LogP contribution is -2.26. The van der Waals surface area contributed by atoms with Crippen molar-refractivity contribution >= 4 is 17.6 Å². The number of carbonyl (C=O) groups is 2. The van der Waals surface area contributed by atoms with Gasteiger partial charge in [-0.2, -0.15) is 0 Å². The smallest absolute Gasteiger partial charge is 0.347 e. The van der Waals surface area contributed by atoms with Crippen LogP contribution >= 0.6 is 0 Å². The fraction of sp³-hybridized carbons (Fsp3) is 0.333. The van der Waals surface area contributed by atoms with Gasteiger partial charge in [0.25, 0.3) is 0 Å². The molecule has 0 saturated carbocycles. The minimum atomic E-state index is -1.20. The Labute approximate surface area is 108 Å². The second-order valence-electron chi connectivity index (χ2n) is 3.65. The van der Waals surface area contributed by atoms with Gasteiger partial charge in [-0.1, -0.05) is 0 Å². The van der Waals surface area contributed by atoms with Crippen molar-refractivity contribution in [2.75, 3.05) is 12.3 Å². The summed E-state index contributed by atoms with van der Waals surface area (Å²) in [7, 11) is 0. The van der Waals surface area contributed by atoms with Crippen LogP contribution < -0.4 is 5.73 Å². The molecule has 0 aromatic heterocycles. The van der Waals surface area contributed by atoms with Gasteiger partial charge < -0.3 is 15.2 Å². The number of benzene rings is 1. The fourth-order valence-electron chi connectivity index (χ4n) is 1.25. The molecule has 1 aromatic rings. The number of nitrogen functional groups attached to an aromatic ring is 1. The van der Waals surface area contributed by atoms with Gasteiger partial charge in [0, 0.05) is 6.07 Å². The standard InChI is InChI=1S/C12H13F2NO4/c1-3-18-11(16)6(2)19-12(17)7-4-10(15)9(14)5-8(7)13/h4-6H,3,15H2,1-2H3. The van der Waals surface area contributed by atoms with Crippen molar-refractivity contribution in [3.05, 3.63) is 29.3 Å². The van der Waals surface area contributed by atoms with E-state index in [1.54, 1.807) is 6.92 Å². The zero-order valence-corrected chi connectivity index (χ0v) is 10.4.